The first kappa shape index (κ1) is 11.9. The molecule has 0 bridgehead atoms. The second kappa shape index (κ2) is 4.37. The Labute approximate surface area is 102 Å². The van der Waals surface area contributed by atoms with Crippen molar-refractivity contribution in [1.29, 1.82) is 5.41 Å². The van der Waals surface area contributed by atoms with Crippen molar-refractivity contribution in [2.24, 2.45) is 7.05 Å². The minimum absolute atomic E-state index is 0.0493. The quantitative estimate of drug-likeness (QED) is 0.624. The molecule has 0 radical (unpaired) electrons. The molecule has 1 aromatic carbocycles. The van der Waals surface area contributed by atoms with Gasteiger partial charge in [0.05, 0.1) is 5.52 Å². The van der Waals surface area contributed by atoms with Crippen LogP contribution in [-0.2, 0) is 7.05 Å². The molecule has 0 fully saturated rings. The number of imidazole rings is 1. The lowest BCUT2D eigenvalue weighted by Gasteiger charge is -2.03. The number of thioether (sulfide) groups is 1. The van der Waals surface area contributed by atoms with E-state index in [0.29, 0.717) is 11.3 Å². The van der Waals surface area contributed by atoms with Gasteiger partial charge in [-0.3, -0.25) is 9.98 Å². The minimum atomic E-state index is -0.485. The van der Waals surface area contributed by atoms with Gasteiger partial charge in [0, 0.05) is 7.05 Å². The molecule has 1 aromatic heterocycles. The Bertz CT molecular complexity index is 644. The van der Waals surface area contributed by atoms with E-state index in [-0.39, 0.29) is 10.7 Å². The molecule has 4 nitrogen and oxygen atoms in total. The summed E-state index contributed by atoms with van der Waals surface area (Å²) in [7, 11) is 1.57. The van der Waals surface area contributed by atoms with E-state index >= 15 is 0 Å². The zero-order chi connectivity index (χ0) is 12.6. The van der Waals surface area contributed by atoms with E-state index in [2.05, 4.69) is 0 Å². The molecule has 0 aliphatic rings. The van der Waals surface area contributed by atoms with Crippen LogP contribution in [0.1, 0.15) is 6.92 Å². The molecule has 17 heavy (non-hydrogen) atoms. The number of rotatable bonds is 1. The van der Waals surface area contributed by atoms with Crippen molar-refractivity contribution in [3.05, 3.63) is 34.5 Å². The number of halogens is 1. The average Bonchev–Trinajstić information content (AvgIpc) is 2.55. The van der Waals surface area contributed by atoms with Crippen molar-refractivity contribution >= 4 is 28.0 Å². The van der Waals surface area contributed by atoms with Crippen molar-refractivity contribution in [2.75, 3.05) is 5.75 Å². The molecule has 0 saturated heterocycles. The zero-order valence-electron chi connectivity index (χ0n) is 9.53. The number of para-hydroxylation sites is 1. The van der Waals surface area contributed by atoms with Crippen LogP contribution in [0.3, 0.4) is 0 Å². The number of benzene rings is 1. The van der Waals surface area contributed by atoms with Gasteiger partial charge in [-0.05, 0) is 17.9 Å². The van der Waals surface area contributed by atoms with Crippen LogP contribution in [0.4, 0.5) is 4.39 Å². The van der Waals surface area contributed by atoms with Crippen LogP contribution in [0.25, 0.3) is 11.0 Å². The fourth-order valence-electron chi connectivity index (χ4n) is 1.73. The first-order valence-corrected chi connectivity index (χ1v) is 6.14. The molecular formula is C11H12FN3OS. The van der Waals surface area contributed by atoms with Gasteiger partial charge < -0.3 is 0 Å². The van der Waals surface area contributed by atoms with Crippen molar-refractivity contribution in [2.45, 2.75) is 6.92 Å². The van der Waals surface area contributed by atoms with Gasteiger partial charge in [-0.25, -0.2) is 13.8 Å². The lowest BCUT2D eigenvalue weighted by Crippen LogP contribution is -2.26. The number of hydrogen-bond donors (Lipinski definition) is 1. The lowest BCUT2D eigenvalue weighted by atomic mass is 10.3. The van der Waals surface area contributed by atoms with Gasteiger partial charge in [0.15, 0.2) is 5.17 Å². The summed E-state index contributed by atoms with van der Waals surface area (Å²) in [5.41, 5.74) is 0.276. The highest BCUT2D eigenvalue weighted by atomic mass is 32.2. The van der Waals surface area contributed by atoms with Gasteiger partial charge >= 0.3 is 5.69 Å². The maximum absolute atomic E-state index is 13.8. The van der Waals surface area contributed by atoms with Crippen LogP contribution >= 0.6 is 11.8 Å². The summed E-state index contributed by atoms with van der Waals surface area (Å²) in [6.45, 7) is 1.88. The van der Waals surface area contributed by atoms with Crippen molar-refractivity contribution in [3.63, 3.8) is 0 Å². The molecule has 0 spiro atoms. The maximum atomic E-state index is 13.8. The van der Waals surface area contributed by atoms with Crippen LogP contribution in [0.5, 0.6) is 0 Å². The monoisotopic (exact) mass is 253 g/mol. The topological polar surface area (TPSA) is 50.8 Å². The Hall–Kier alpha value is -1.56. The average molecular weight is 253 g/mol. The second-order valence-corrected chi connectivity index (χ2v) is 4.78. The van der Waals surface area contributed by atoms with E-state index in [4.69, 9.17) is 5.41 Å². The van der Waals surface area contributed by atoms with E-state index < -0.39 is 11.5 Å². The molecule has 1 heterocycles. The minimum Gasteiger partial charge on any atom is -0.295 e. The summed E-state index contributed by atoms with van der Waals surface area (Å²) >= 11 is 1.20. The fraction of sp³-hybridized carbons (Fsp3) is 0.273. The summed E-state index contributed by atoms with van der Waals surface area (Å²) in [4.78, 5) is 12.0. The normalized spacial score (nSPS) is 11.0. The molecule has 0 aliphatic carbocycles. The Kier molecular flexibility index (Phi) is 3.06. The van der Waals surface area contributed by atoms with E-state index in [1.165, 1.54) is 22.4 Å². The van der Waals surface area contributed by atoms with Crippen molar-refractivity contribution in [3.8, 4) is 0 Å². The summed E-state index contributed by atoms with van der Waals surface area (Å²) < 4.78 is 16.2. The molecule has 0 saturated carbocycles. The lowest BCUT2D eigenvalue weighted by molar-refractivity contribution is 0.635. The van der Waals surface area contributed by atoms with Crippen LogP contribution in [-0.4, -0.2) is 20.1 Å². The van der Waals surface area contributed by atoms with Crippen LogP contribution < -0.4 is 5.69 Å². The van der Waals surface area contributed by atoms with Gasteiger partial charge in [0.1, 0.15) is 11.3 Å². The van der Waals surface area contributed by atoms with Crippen molar-refractivity contribution < 1.29 is 4.39 Å². The van der Waals surface area contributed by atoms with Crippen LogP contribution in [0.15, 0.2) is 23.0 Å². The Balaban J connectivity index is 2.83. The molecule has 1 N–H and O–H groups in total. The fourth-order valence-corrected chi connectivity index (χ4v) is 2.31. The molecule has 0 unspecified atom stereocenters. The molecule has 0 aliphatic heterocycles. The summed E-state index contributed by atoms with van der Waals surface area (Å²) in [5, 5.41) is 7.86. The first-order chi connectivity index (χ1) is 8.07. The predicted molar refractivity (Wildman–Crippen MR) is 68.4 cm³/mol. The SMILES string of the molecule is CCSC(=N)n1c(=O)n(C)c2cccc(F)c21. The highest BCUT2D eigenvalue weighted by molar-refractivity contribution is 8.13. The Morgan fingerprint density at radius 1 is 1.53 bits per heavy atom. The Morgan fingerprint density at radius 3 is 2.88 bits per heavy atom. The third kappa shape index (κ3) is 1.78. The number of hydrogen-bond acceptors (Lipinski definition) is 3. The van der Waals surface area contributed by atoms with Gasteiger partial charge in [-0.15, -0.1) is 0 Å². The van der Waals surface area contributed by atoms with Gasteiger partial charge in [0.25, 0.3) is 0 Å². The number of nitrogens with one attached hydrogen (secondary N) is 1. The Morgan fingerprint density at radius 2 is 2.24 bits per heavy atom. The van der Waals surface area contributed by atoms with Crippen LogP contribution in [0, 0.1) is 11.2 Å². The van der Waals surface area contributed by atoms with Crippen LogP contribution in [0.2, 0.25) is 0 Å². The van der Waals surface area contributed by atoms with E-state index in [9.17, 15) is 9.18 Å². The third-order valence-electron chi connectivity index (χ3n) is 2.51. The van der Waals surface area contributed by atoms with E-state index in [0.717, 1.165) is 4.57 Å². The van der Waals surface area contributed by atoms with Gasteiger partial charge in [-0.2, -0.15) is 0 Å². The van der Waals surface area contributed by atoms with Crippen molar-refractivity contribution in [1.82, 2.24) is 9.13 Å². The molecule has 90 valence electrons. The maximum Gasteiger partial charge on any atom is 0.335 e. The predicted octanol–water partition coefficient (Wildman–Crippen LogP) is 2.02. The molecule has 0 amide bonds. The highest BCUT2D eigenvalue weighted by Crippen LogP contribution is 2.18. The summed E-state index contributed by atoms with van der Waals surface area (Å²) in [6.07, 6.45) is 0. The number of nitrogens with zero attached hydrogens (tertiary/aromatic N) is 2. The molecule has 6 heteroatoms. The van der Waals surface area contributed by atoms with E-state index in [1.54, 1.807) is 19.2 Å². The van der Waals surface area contributed by atoms with Gasteiger partial charge in [0.2, 0.25) is 0 Å². The smallest absolute Gasteiger partial charge is 0.295 e. The summed E-state index contributed by atoms with van der Waals surface area (Å²) in [5.74, 6) is 0.178. The number of aromatic nitrogens is 2. The highest BCUT2D eigenvalue weighted by Gasteiger charge is 2.17. The molecule has 0 atom stereocenters. The molecule has 2 rings (SSSR count). The molecular weight excluding hydrogens is 241 g/mol. The number of fused-ring (bicyclic) bond motifs is 1. The summed E-state index contributed by atoms with van der Waals surface area (Å²) in [6, 6.07) is 4.51. The van der Waals surface area contributed by atoms with Gasteiger partial charge in [-0.1, -0.05) is 24.8 Å². The van der Waals surface area contributed by atoms with E-state index in [1.807, 2.05) is 6.92 Å². The molecule has 2 aromatic rings. The second-order valence-electron chi connectivity index (χ2n) is 3.52. The zero-order valence-corrected chi connectivity index (χ0v) is 10.3. The standard InChI is InChI=1S/C11H12FN3OS/c1-3-17-10(13)15-9-7(12)5-4-6-8(9)14(2)11(15)16/h4-6,13H,3H2,1-2H3. The number of aryl methyl sites for hydroxylation is 1. The third-order valence-corrected chi connectivity index (χ3v) is 3.26. The largest absolute Gasteiger partial charge is 0.335 e. The first-order valence-electron chi connectivity index (χ1n) is 5.15.